The predicted octanol–water partition coefficient (Wildman–Crippen LogP) is 3.29. The number of benzene rings is 1. The van der Waals surface area contributed by atoms with E-state index in [1.807, 2.05) is 17.0 Å². The van der Waals surface area contributed by atoms with Crippen molar-refractivity contribution in [3.63, 3.8) is 0 Å². The van der Waals surface area contributed by atoms with Crippen LogP contribution in [0.5, 0.6) is 11.5 Å². The van der Waals surface area contributed by atoms with Crippen molar-refractivity contribution in [1.29, 1.82) is 0 Å². The van der Waals surface area contributed by atoms with Crippen molar-refractivity contribution >= 4 is 17.5 Å². The molecule has 0 radical (unpaired) electrons. The maximum absolute atomic E-state index is 12.9. The Hall–Kier alpha value is -2.21. The van der Waals surface area contributed by atoms with Gasteiger partial charge in [0.25, 0.3) is 5.91 Å². The first-order valence-electron chi connectivity index (χ1n) is 8.80. The fraction of sp³-hybridized carbons (Fsp3) is 0.474. The quantitative estimate of drug-likeness (QED) is 0.826. The highest BCUT2D eigenvalue weighted by Crippen LogP contribution is 2.38. The molecule has 0 aliphatic carbocycles. The Kier molecular flexibility index (Phi) is 4.31. The van der Waals surface area contributed by atoms with Crippen LogP contribution in [0.3, 0.4) is 0 Å². The van der Waals surface area contributed by atoms with E-state index in [9.17, 15) is 4.79 Å². The van der Waals surface area contributed by atoms with Gasteiger partial charge in [-0.2, -0.15) is 5.10 Å². The van der Waals surface area contributed by atoms with E-state index in [1.54, 1.807) is 17.9 Å². The van der Waals surface area contributed by atoms with Gasteiger partial charge in [0.15, 0.2) is 17.2 Å². The molecule has 0 bridgehead atoms. The van der Waals surface area contributed by atoms with E-state index in [0.717, 1.165) is 37.3 Å². The third-order valence-corrected chi connectivity index (χ3v) is 5.40. The lowest BCUT2D eigenvalue weighted by atomic mass is 9.77. The topological polar surface area (TPSA) is 56.6 Å². The predicted molar refractivity (Wildman–Crippen MR) is 97.7 cm³/mol. The lowest BCUT2D eigenvalue weighted by Crippen LogP contribution is -2.46. The minimum atomic E-state index is -0.0905. The molecule has 2 aromatic rings. The smallest absolute Gasteiger partial charge is 0.275 e. The lowest BCUT2D eigenvalue weighted by Gasteiger charge is -2.40. The van der Waals surface area contributed by atoms with Crippen LogP contribution in [0.1, 0.15) is 35.8 Å². The van der Waals surface area contributed by atoms with Gasteiger partial charge in [-0.3, -0.25) is 9.48 Å². The summed E-state index contributed by atoms with van der Waals surface area (Å²) in [7, 11) is 1.77. The minimum absolute atomic E-state index is 0.00284. The van der Waals surface area contributed by atoms with Crippen LogP contribution >= 0.6 is 11.6 Å². The second-order valence-corrected chi connectivity index (χ2v) is 7.91. The summed E-state index contributed by atoms with van der Waals surface area (Å²) in [6, 6.07) is 6.08. The molecular formula is C19H22ClN3O3. The molecule has 0 saturated carbocycles. The third-order valence-electron chi connectivity index (χ3n) is 5.12. The molecule has 1 saturated heterocycles. The Labute approximate surface area is 157 Å². The number of halogens is 1. The number of likely N-dealkylation sites (tertiary alicyclic amines) is 1. The average molecular weight is 376 g/mol. The zero-order chi connectivity index (χ0) is 18.3. The minimum Gasteiger partial charge on any atom is -0.454 e. The lowest BCUT2D eigenvalue weighted by molar-refractivity contribution is 0.0544. The molecule has 6 nitrogen and oxygen atoms in total. The molecule has 3 heterocycles. The van der Waals surface area contributed by atoms with E-state index < -0.39 is 0 Å². The Bertz CT molecular complexity index is 851. The number of hydrogen-bond acceptors (Lipinski definition) is 4. The van der Waals surface area contributed by atoms with Gasteiger partial charge in [-0.1, -0.05) is 24.6 Å². The van der Waals surface area contributed by atoms with Crippen LogP contribution in [0.2, 0.25) is 5.02 Å². The highest BCUT2D eigenvalue weighted by Gasteiger charge is 2.35. The van der Waals surface area contributed by atoms with Gasteiger partial charge in [-0.15, -0.1) is 0 Å². The van der Waals surface area contributed by atoms with Crippen LogP contribution < -0.4 is 9.47 Å². The monoisotopic (exact) mass is 375 g/mol. The molecule has 1 amide bonds. The summed E-state index contributed by atoms with van der Waals surface area (Å²) in [4.78, 5) is 14.7. The summed E-state index contributed by atoms with van der Waals surface area (Å²) in [5, 5.41) is 4.62. The number of carbonyl (C=O) groups excluding carboxylic acids is 1. The first-order chi connectivity index (χ1) is 12.4. The van der Waals surface area contributed by atoms with Crippen LogP contribution in [-0.4, -0.2) is 40.5 Å². The number of aryl methyl sites for hydroxylation is 1. The van der Waals surface area contributed by atoms with Gasteiger partial charge < -0.3 is 14.4 Å². The summed E-state index contributed by atoms with van der Waals surface area (Å²) in [5.41, 5.74) is 1.53. The fourth-order valence-corrected chi connectivity index (χ4v) is 4.19. The number of nitrogens with zero attached hydrogens (tertiary/aromatic N) is 3. The third kappa shape index (κ3) is 3.26. The van der Waals surface area contributed by atoms with E-state index in [-0.39, 0.29) is 18.1 Å². The fourth-order valence-electron chi connectivity index (χ4n) is 3.93. The molecule has 0 unspecified atom stereocenters. The maximum Gasteiger partial charge on any atom is 0.275 e. The molecular weight excluding hydrogens is 354 g/mol. The second kappa shape index (κ2) is 6.50. The summed E-state index contributed by atoms with van der Waals surface area (Å²) in [6.07, 6.45) is 4.58. The first kappa shape index (κ1) is 17.2. The van der Waals surface area contributed by atoms with Gasteiger partial charge >= 0.3 is 0 Å². The highest BCUT2D eigenvalue weighted by molar-refractivity contribution is 6.33. The van der Waals surface area contributed by atoms with Gasteiger partial charge in [0, 0.05) is 26.3 Å². The number of carbonyl (C=O) groups is 1. The molecule has 7 heteroatoms. The summed E-state index contributed by atoms with van der Waals surface area (Å²) in [5.74, 6) is 1.51. The normalized spacial score (nSPS) is 21.9. The molecule has 26 heavy (non-hydrogen) atoms. The Morgan fingerprint density at radius 3 is 2.92 bits per heavy atom. The van der Waals surface area contributed by atoms with E-state index in [2.05, 4.69) is 18.1 Å². The second-order valence-electron chi connectivity index (χ2n) is 7.50. The average Bonchev–Trinajstić information content (AvgIpc) is 3.19. The number of ether oxygens (including phenoxy) is 2. The van der Waals surface area contributed by atoms with Gasteiger partial charge in [-0.05, 0) is 42.4 Å². The number of amides is 1. The van der Waals surface area contributed by atoms with E-state index in [1.165, 1.54) is 5.56 Å². The molecule has 1 aromatic carbocycles. The van der Waals surface area contributed by atoms with Gasteiger partial charge in [0.1, 0.15) is 0 Å². The molecule has 1 atom stereocenters. The molecule has 2 aliphatic heterocycles. The first-order valence-corrected chi connectivity index (χ1v) is 9.18. The van der Waals surface area contributed by atoms with E-state index in [4.69, 9.17) is 21.1 Å². The molecule has 1 fully saturated rings. The molecule has 4 rings (SSSR count). The van der Waals surface area contributed by atoms with Crippen molar-refractivity contribution in [2.24, 2.45) is 12.5 Å². The Morgan fingerprint density at radius 2 is 2.15 bits per heavy atom. The van der Waals surface area contributed by atoms with Crippen LogP contribution in [0.15, 0.2) is 24.4 Å². The van der Waals surface area contributed by atoms with Gasteiger partial charge in [-0.25, -0.2) is 0 Å². The Morgan fingerprint density at radius 1 is 1.35 bits per heavy atom. The van der Waals surface area contributed by atoms with Crippen molar-refractivity contribution in [3.8, 4) is 11.5 Å². The summed E-state index contributed by atoms with van der Waals surface area (Å²) < 4.78 is 12.4. The van der Waals surface area contributed by atoms with Crippen LogP contribution in [-0.2, 0) is 13.5 Å². The van der Waals surface area contributed by atoms with Crippen molar-refractivity contribution in [2.75, 3.05) is 19.9 Å². The highest BCUT2D eigenvalue weighted by atomic mass is 35.5. The number of hydrogen-bond donors (Lipinski definition) is 0. The maximum atomic E-state index is 12.9. The van der Waals surface area contributed by atoms with Crippen LogP contribution in [0.25, 0.3) is 0 Å². The SMILES string of the molecule is Cn1cc(Cl)c(C(=O)N2CCC[C@@](C)(Cc3ccc4c(c3)OCO4)C2)n1. The zero-order valence-corrected chi connectivity index (χ0v) is 15.8. The standard InChI is InChI=1S/C19H22ClN3O3/c1-19(9-13-4-5-15-16(8-13)26-12-25-15)6-3-7-23(11-19)18(24)17-14(20)10-22(2)21-17/h4-5,8,10H,3,6-7,9,11-12H2,1-2H3/t19-/m0/s1. The summed E-state index contributed by atoms with van der Waals surface area (Å²) in [6.45, 7) is 3.94. The van der Waals surface area contributed by atoms with E-state index in [0.29, 0.717) is 17.3 Å². The number of fused-ring (bicyclic) bond motifs is 1. The molecule has 0 spiro atoms. The van der Waals surface area contributed by atoms with Crippen molar-refractivity contribution < 1.29 is 14.3 Å². The number of aromatic nitrogens is 2. The molecule has 1 aromatic heterocycles. The molecule has 2 aliphatic rings. The largest absolute Gasteiger partial charge is 0.454 e. The van der Waals surface area contributed by atoms with E-state index >= 15 is 0 Å². The zero-order valence-electron chi connectivity index (χ0n) is 15.0. The summed E-state index contributed by atoms with van der Waals surface area (Å²) >= 11 is 6.16. The van der Waals surface area contributed by atoms with Gasteiger partial charge in [0.05, 0.1) is 5.02 Å². The Balaban J connectivity index is 1.50. The van der Waals surface area contributed by atoms with Crippen molar-refractivity contribution in [3.05, 3.63) is 40.7 Å². The number of piperidine rings is 1. The van der Waals surface area contributed by atoms with Crippen LogP contribution in [0.4, 0.5) is 0 Å². The van der Waals surface area contributed by atoms with Gasteiger partial charge in [0.2, 0.25) is 6.79 Å². The number of rotatable bonds is 3. The van der Waals surface area contributed by atoms with Crippen molar-refractivity contribution in [1.82, 2.24) is 14.7 Å². The molecule has 138 valence electrons. The molecule has 0 N–H and O–H groups in total. The van der Waals surface area contributed by atoms with Crippen LogP contribution in [0, 0.1) is 5.41 Å². The van der Waals surface area contributed by atoms with Crippen molar-refractivity contribution in [2.45, 2.75) is 26.2 Å².